The van der Waals surface area contributed by atoms with Crippen LogP contribution in [0.5, 0.6) is 5.75 Å². The van der Waals surface area contributed by atoms with Crippen LogP contribution < -0.4 is 4.74 Å². The number of carbonyl (C=O) groups is 1. The van der Waals surface area contributed by atoms with Crippen LogP contribution in [-0.2, 0) is 19.4 Å². The third kappa shape index (κ3) is 2.22. The van der Waals surface area contributed by atoms with Crippen LogP contribution in [0.15, 0.2) is 18.2 Å². The molecular formula is C23H29BO5. The Balaban J connectivity index is 1.37. The molecule has 6 aliphatic rings. The molecule has 2 bridgehead atoms. The van der Waals surface area contributed by atoms with E-state index in [2.05, 4.69) is 26.8 Å². The molecule has 2 aliphatic heterocycles. The first-order chi connectivity index (χ1) is 13.6. The predicted octanol–water partition coefficient (Wildman–Crippen LogP) is 4.27. The zero-order chi connectivity index (χ0) is 20.4. The Labute approximate surface area is 172 Å². The molecule has 5 fully saturated rings. The van der Waals surface area contributed by atoms with Crippen LogP contribution in [-0.4, -0.2) is 30.6 Å². The smallest absolute Gasteiger partial charge is 0.452 e. The minimum Gasteiger partial charge on any atom is -0.452 e. The fraction of sp³-hybridized carbons (Fsp3) is 0.696. The molecule has 0 radical (unpaired) electrons. The molecule has 4 atom stereocenters. The van der Waals surface area contributed by atoms with Gasteiger partial charge in [-0.3, -0.25) is 0 Å². The standard InChI is InChI=1S/C23H29BO5/c1-20(2)13-11-16(20)22(5)17(12-13)28-24(29-22)23(9-10-23)15-8-6-7-14-18(15)26-21(3,4)27-19(14)25/h6-8,13,16-17H,9-12H2,1-5H3/t13?,16?,17?,22-/m0/s1. The van der Waals surface area contributed by atoms with Gasteiger partial charge in [-0.2, -0.15) is 0 Å². The normalized spacial score (nSPS) is 39.6. The average Bonchev–Trinajstić information content (AvgIpc) is 3.35. The van der Waals surface area contributed by atoms with E-state index in [1.54, 1.807) is 19.9 Å². The van der Waals surface area contributed by atoms with Crippen molar-refractivity contribution in [3.8, 4) is 5.75 Å². The Morgan fingerprint density at radius 3 is 2.48 bits per heavy atom. The van der Waals surface area contributed by atoms with Gasteiger partial charge in [0.15, 0.2) is 0 Å². The number of benzene rings is 1. The maximum atomic E-state index is 12.5. The summed E-state index contributed by atoms with van der Waals surface area (Å²) in [5.41, 5.74) is 1.62. The molecule has 1 aromatic carbocycles. The van der Waals surface area contributed by atoms with Gasteiger partial charge in [-0.05, 0) is 61.5 Å². The lowest BCUT2D eigenvalue weighted by Gasteiger charge is -2.64. The lowest BCUT2D eigenvalue weighted by Crippen LogP contribution is -2.65. The highest BCUT2D eigenvalue weighted by atomic mass is 16.7. The Bertz CT molecular complexity index is 920. The average molecular weight is 396 g/mol. The second kappa shape index (κ2) is 5.20. The van der Waals surface area contributed by atoms with Crippen LogP contribution in [0.1, 0.15) is 76.2 Å². The van der Waals surface area contributed by atoms with Gasteiger partial charge in [0.25, 0.3) is 0 Å². The third-order valence-corrected chi connectivity index (χ3v) is 8.65. The summed E-state index contributed by atoms with van der Waals surface area (Å²) in [6.07, 6.45) is 4.44. The molecule has 7 rings (SSSR count). The maximum absolute atomic E-state index is 12.5. The molecule has 1 aromatic rings. The number of rotatable bonds is 2. The molecule has 154 valence electrons. The van der Waals surface area contributed by atoms with Crippen molar-refractivity contribution in [1.82, 2.24) is 0 Å². The van der Waals surface area contributed by atoms with Crippen molar-refractivity contribution in [2.45, 2.75) is 83.1 Å². The van der Waals surface area contributed by atoms with Crippen molar-refractivity contribution in [2.24, 2.45) is 17.3 Å². The minimum absolute atomic E-state index is 0.156. The van der Waals surface area contributed by atoms with E-state index < -0.39 is 5.79 Å². The zero-order valence-electron chi connectivity index (χ0n) is 17.9. The summed E-state index contributed by atoms with van der Waals surface area (Å²) < 4.78 is 25.0. The van der Waals surface area contributed by atoms with Crippen LogP contribution in [0.25, 0.3) is 0 Å². The highest BCUT2D eigenvalue weighted by Crippen LogP contribution is 2.68. The molecule has 4 aliphatic carbocycles. The molecule has 6 heteroatoms. The quantitative estimate of drug-likeness (QED) is 0.552. The molecule has 0 amide bonds. The summed E-state index contributed by atoms with van der Waals surface area (Å²) in [6, 6.07) is 5.77. The molecular weight excluding hydrogens is 367 g/mol. The Morgan fingerprint density at radius 2 is 1.79 bits per heavy atom. The van der Waals surface area contributed by atoms with Crippen molar-refractivity contribution < 1.29 is 23.6 Å². The van der Waals surface area contributed by atoms with Crippen LogP contribution in [0, 0.1) is 17.3 Å². The molecule has 0 N–H and O–H groups in total. The molecule has 2 heterocycles. The molecule has 0 spiro atoms. The molecule has 3 unspecified atom stereocenters. The Morgan fingerprint density at radius 1 is 1.03 bits per heavy atom. The molecule has 1 saturated heterocycles. The molecule has 5 nitrogen and oxygen atoms in total. The van der Waals surface area contributed by atoms with Gasteiger partial charge in [0.05, 0.1) is 11.7 Å². The van der Waals surface area contributed by atoms with Gasteiger partial charge in [0.1, 0.15) is 11.3 Å². The van der Waals surface area contributed by atoms with E-state index in [9.17, 15) is 4.79 Å². The lowest BCUT2D eigenvalue weighted by molar-refractivity contribution is -0.199. The number of hydrogen-bond acceptors (Lipinski definition) is 5. The van der Waals surface area contributed by atoms with Gasteiger partial charge < -0.3 is 18.8 Å². The molecule has 29 heavy (non-hydrogen) atoms. The summed E-state index contributed by atoms with van der Waals surface area (Å²) in [5, 5.41) is -0.242. The van der Waals surface area contributed by atoms with Crippen LogP contribution >= 0.6 is 0 Å². The molecule has 4 saturated carbocycles. The highest BCUT2D eigenvalue weighted by Gasteiger charge is 2.72. The van der Waals surface area contributed by atoms with E-state index in [1.165, 1.54) is 6.42 Å². The first kappa shape index (κ1) is 18.3. The topological polar surface area (TPSA) is 54.0 Å². The number of carbonyl (C=O) groups excluding carboxylic acids is 1. The number of esters is 1. The number of ether oxygens (including phenoxy) is 2. The molecule has 0 aromatic heterocycles. The van der Waals surface area contributed by atoms with E-state index in [-0.39, 0.29) is 30.1 Å². The van der Waals surface area contributed by atoms with Crippen LogP contribution in [0.2, 0.25) is 0 Å². The number of para-hydroxylation sites is 1. The highest BCUT2D eigenvalue weighted by molar-refractivity contribution is 6.51. The Kier molecular flexibility index (Phi) is 3.28. The first-order valence-electron chi connectivity index (χ1n) is 11.0. The summed E-state index contributed by atoms with van der Waals surface area (Å²) in [7, 11) is -0.288. The number of cyclic esters (lactones) is 1. The van der Waals surface area contributed by atoms with Crippen LogP contribution in [0.3, 0.4) is 0 Å². The predicted molar refractivity (Wildman–Crippen MR) is 108 cm³/mol. The van der Waals surface area contributed by atoms with Gasteiger partial charge >= 0.3 is 13.1 Å². The van der Waals surface area contributed by atoms with Gasteiger partial charge in [-0.1, -0.05) is 26.0 Å². The van der Waals surface area contributed by atoms with E-state index in [4.69, 9.17) is 18.8 Å². The summed E-state index contributed by atoms with van der Waals surface area (Å²) in [6.45, 7) is 10.6. The SMILES string of the molecule is CC1(C)OC(=O)c2cccc(C3(B4OC5CC6CC(C6(C)C)[C@]5(C)O4)CC3)c2O1. The van der Waals surface area contributed by atoms with Crippen molar-refractivity contribution in [1.29, 1.82) is 0 Å². The summed E-state index contributed by atoms with van der Waals surface area (Å²) in [4.78, 5) is 12.5. The number of fused-ring (bicyclic) bond motifs is 1. The summed E-state index contributed by atoms with van der Waals surface area (Å²) in [5.74, 6) is 0.605. The van der Waals surface area contributed by atoms with Crippen molar-refractivity contribution in [3.05, 3.63) is 29.3 Å². The van der Waals surface area contributed by atoms with Gasteiger partial charge in [0, 0.05) is 19.2 Å². The fourth-order valence-electron chi connectivity index (χ4n) is 6.62. The van der Waals surface area contributed by atoms with Crippen molar-refractivity contribution in [2.75, 3.05) is 0 Å². The first-order valence-corrected chi connectivity index (χ1v) is 11.0. The Hall–Kier alpha value is -1.53. The lowest BCUT2D eigenvalue weighted by atomic mass is 9.43. The second-order valence-electron chi connectivity index (χ2n) is 11.0. The van der Waals surface area contributed by atoms with Crippen molar-refractivity contribution >= 4 is 13.1 Å². The largest absolute Gasteiger partial charge is 0.469 e. The van der Waals surface area contributed by atoms with Crippen molar-refractivity contribution in [3.63, 3.8) is 0 Å². The van der Waals surface area contributed by atoms with E-state index in [0.29, 0.717) is 22.6 Å². The second-order valence-corrected chi connectivity index (χ2v) is 11.0. The third-order valence-electron chi connectivity index (χ3n) is 8.65. The van der Waals surface area contributed by atoms with Gasteiger partial charge in [0.2, 0.25) is 5.79 Å². The van der Waals surface area contributed by atoms with E-state index in [1.807, 2.05) is 6.07 Å². The monoisotopic (exact) mass is 396 g/mol. The van der Waals surface area contributed by atoms with Gasteiger partial charge in [-0.25, -0.2) is 4.79 Å². The summed E-state index contributed by atoms with van der Waals surface area (Å²) >= 11 is 0. The fourth-order valence-corrected chi connectivity index (χ4v) is 6.62. The zero-order valence-corrected chi connectivity index (χ0v) is 17.9. The maximum Gasteiger partial charge on any atom is 0.469 e. The van der Waals surface area contributed by atoms with E-state index >= 15 is 0 Å². The van der Waals surface area contributed by atoms with Gasteiger partial charge in [-0.15, -0.1) is 0 Å². The van der Waals surface area contributed by atoms with E-state index in [0.717, 1.165) is 30.7 Å². The minimum atomic E-state index is -0.973. The van der Waals surface area contributed by atoms with Crippen LogP contribution in [0.4, 0.5) is 0 Å². The number of hydrogen-bond donors (Lipinski definition) is 0.